The highest BCUT2D eigenvalue weighted by molar-refractivity contribution is 5.91. The van der Waals surface area contributed by atoms with Gasteiger partial charge in [-0.05, 0) is 17.7 Å². The first-order valence-electron chi connectivity index (χ1n) is 9.31. The summed E-state index contributed by atoms with van der Waals surface area (Å²) < 4.78 is 5.40. The van der Waals surface area contributed by atoms with Crippen LogP contribution in [0.1, 0.15) is 17.4 Å². The molecule has 4 rings (SSSR count). The standard InChI is InChI=1S/C21H22N4O3/c26-21(27)19(15-6-2-1-3-7-15)24-20-16-8-4-5-9-17(16)22-18(23-20)14-25-10-12-28-13-11-25/h1-9,19H,10-14H2,(H,26,27)(H,22,23,24). The van der Waals surface area contributed by atoms with Gasteiger partial charge in [0, 0.05) is 18.5 Å². The fraction of sp³-hybridized carbons (Fsp3) is 0.286. The second kappa shape index (κ2) is 8.33. The molecule has 28 heavy (non-hydrogen) atoms. The van der Waals surface area contributed by atoms with Gasteiger partial charge in [0.25, 0.3) is 0 Å². The molecule has 1 aliphatic rings. The Hall–Kier alpha value is -3.03. The van der Waals surface area contributed by atoms with Crippen molar-refractivity contribution in [3.05, 3.63) is 66.0 Å². The molecule has 0 radical (unpaired) electrons. The van der Waals surface area contributed by atoms with Gasteiger partial charge in [-0.1, -0.05) is 42.5 Å². The van der Waals surface area contributed by atoms with E-state index in [2.05, 4.69) is 20.2 Å². The number of nitrogens with one attached hydrogen (secondary N) is 1. The second-order valence-electron chi connectivity index (χ2n) is 6.72. The molecule has 1 fully saturated rings. The summed E-state index contributed by atoms with van der Waals surface area (Å²) in [6.07, 6.45) is 0. The highest BCUT2D eigenvalue weighted by Gasteiger charge is 2.22. The minimum atomic E-state index is -0.955. The molecule has 1 atom stereocenters. The lowest BCUT2D eigenvalue weighted by Gasteiger charge is -2.26. The maximum absolute atomic E-state index is 11.9. The Morgan fingerprint density at radius 1 is 1.07 bits per heavy atom. The number of carbonyl (C=O) groups is 1. The predicted molar refractivity (Wildman–Crippen MR) is 106 cm³/mol. The van der Waals surface area contributed by atoms with Crippen molar-refractivity contribution >= 4 is 22.7 Å². The Kier molecular flexibility index (Phi) is 5.45. The van der Waals surface area contributed by atoms with Gasteiger partial charge in [0.1, 0.15) is 11.6 Å². The van der Waals surface area contributed by atoms with E-state index in [0.717, 1.165) is 24.0 Å². The van der Waals surface area contributed by atoms with E-state index in [-0.39, 0.29) is 0 Å². The number of ether oxygens (including phenoxy) is 1. The van der Waals surface area contributed by atoms with E-state index in [0.29, 0.717) is 37.0 Å². The number of hydrogen-bond acceptors (Lipinski definition) is 6. The average molecular weight is 378 g/mol. The summed E-state index contributed by atoms with van der Waals surface area (Å²) >= 11 is 0. The first-order valence-corrected chi connectivity index (χ1v) is 9.31. The van der Waals surface area contributed by atoms with Crippen molar-refractivity contribution in [1.29, 1.82) is 0 Å². The van der Waals surface area contributed by atoms with E-state index < -0.39 is 12.0 Å². The van der Waals surface area contributed by atoms with Gasteiger partial charge >= 0.3 is 5.97 Å². The van der Waals surface area contributed by atoms with Crippen LogP contribution in [-0.4, -0.2) is 52.2 Å². The summed E-state index contributed by atoms with van der Waals surface area (Å²) in [5.41, 5.74) is 1.47. The van der Waals surface area contributed by atoms with Crippen LogP contribution in [0.5, 0.6) is 0 Å². The third-order valence-corrected chi connectivity index (χ3v) is 4.78. The Morgan fingerprint density at radius 3 is 2.54 bits per heavy atom. The van der Waals surface area contributed by atoms with Crippen molar-refractivity contribution in [3.63, 3.8) is 0 Å². The lowest BCUT2D eigenvalue weighted by atomic mass is 10.1. The van der Waals surface area contributed by atoms with Gasteiger partial charge in [0.15, 0.2) is 6.04 Å². The van der Waals surface area contributed by atoms with Crippen LogP contribution < -0.4 is 5.32 Å². The molecule has 0 saturated carbocycles. The molecule has 2 N–H and O–H groups in total. The van der Waals surface area contributed by atoms with Crippen molar-refractivity contribution in [2.75, 3.05) is 31.6 Å². The van der Waals surface area contributed by atoms with Crippen LogP contribution in [0.25, 0.3) is 10.9 Å². The number of carboxylic acid groups (broad SMARTS) is 1. The summed E-state index contributed by atoms with van der Waals surface area (Å²) in [5, 5.41) is 13.7. The zero-order valence-electron chi connectivity index (χ0n) is 15.4. The zero-order valence-corrected chi connectivity index (χ0v) is 15.4. The summed E-state index contributed by atoms with van der Waals surface area (Å²) in [6.45, 7) is 3.68. The summed E-state index contributed by atoms with van der Waals surface area (Å²) in [4.78, 5) is 23.5. The van der Waals surface area contributed by atoms with Crippen molar-refractivity contribution in [2.24, 2.45) is 0 Å². The minimum absolute atomic E-state index is 0.533. The molecule has 1 saturated heterocycles. The minimum Gasteiger partial charge on any atom is -0.479 e. The molecule has 0 spiro atoms. The van der Waals surface area contributed by atoms with Gasteiger partial charge in [-0.25, -0.2) is 14.8 Å². The fourth-order valence-electron chi connectivity index (χ4n) is 3.33. The van der Waals surface area contributed by atoms with Crippen LogP contribution in [-0.2, 0) is 16.1 Å². The maximum atomic E-state index is 11.9. The molecular weight excluding hydrogens is 356 g/mol. The summed E-state index contributed by atoms with van der Waals surface area (Å²) in [5.74, 6) is 0.244. The van der Waals surface area contributed by atoms with E-state index in [1.807, 2.05) is 42.5 Å². The van der Waals surface area contributed by atoms with Gasteiger partial charge in [0.2, 0.25) is 0 Å². The number of benzene rings is 2. The van der Waals surface area contributed by atoms with E-state index in [1.165, 1.54) is 0 Å². The van der Waals surface area contributed by atoms with E-state index in [9.17, 15) is 9.90 Å². The van der Waals surface area contributed by atoms with Crippen LogP contribution in [0.2, 0.25) is 0 Å². The van der Waals surface area contributed by atoms with Gasteiger partial charge in [0.05, 0.1) is 25.3 Å². The van der Waals surface area contributed by atoms with Crippen LogP contribution in [0, 0.1) is 0 Å². The molecule has 1 aliphatic heterocycles. The quantitative estimate of drug-likeness (QED) is 0.682. The van der Waals surface area contributed by atoms with Gasteiger partial charge in [-0.2, -0.15) is 0 Å². The monoisotopic (exact) mass is 378 g/mol. The highest BCUT2D eigenvalue weighted by atomic mass is 16.5. The second-order valence-corrected chi connectivity index (χ2v) is 6.72. The van der Waals surface area contributed by atoms with E-state index in [4.69, 9.17) is 4.74 Å². The Bertz CT molecular complexity index is 958. The summed E-state index contributed by atoms with van der Waals surface area (Å²) in [6, 6.07) is 15.9. The van der Waals surface area contributed by atoms with Crippen molar-refractivity contribution in [3.8, 4) is 0 Å². The zero-order chi connectivity index (χ0) is 19.3. The number of anilines is 1. The number of aromatic nitrogens is 2. The molecule has 0 bridgehead atoms. The molecule has 1 aromatic heterocycles. The summed E-state index contributed by atoms with van der Waals surface area (Å²) in [7, 11) is 0. The SMILES string of the molecule is O=C(O)C(Nc1nc(CN2CCOCC2)nc2ccccc12)c1ccccc1. The van der Waals surface area contributed by atoms with Gasteiger partial charge in [-0.3, -0.25) is 4.90 Å². The highest BCUT2D eigenvalue weighted by Crippen LogP contribution is 2.25. The van der Waals surface area contributed by atoms with Crippen LogP contribution >= 0.6 is 0 Å². The number of rotatable bonds is 6. The molecule has 2 heterocycles. The number of fused-ring (bicyclic) bond motifs is 1. The molecule has 7 heteroatoms. The fourth-order valence-corrected chi connectivity index (χ4v) is 3.33. The molecule has 3 aromatic rings. The number of hydrogen-bond donors (Lipinski definition) is 2. The lowest BCUT2D eigenvalue weighted by Crippen LogP contribution is -2.36. The lowest BCUT2D eigenvalue weighted by molar-refractivity contribution is -0.138. The maximum Gasteiger partial charge on any atom is 0.330 e. The topological polar surface area (TPSA) is 87.6 Å². The molecule has 2 aromatic carbocycles. The molecular formula is C21H22N4O3. The van der Waals surface area contributed by atoms with Gasteiger partial charge in [-0.15, -0.1) is 0 Å². The first kappa shape index (κ1) is 18.3. The van der Waals surface area contributed by atoms with Crippen molar-refractivity contribution < 1.29 is 14.6 Å². The number of morpholine rings is 1. The molecule has 144 valence electrons. The largest absolute Gasteiger partial charge is 0.479 e. The molecule has 0 aliphatic carbocycles. The third-order valence-electron chi connectivity index (χ3n) is 4.78. The Labute approximate surface area is 163 Å². The number of aliphatic carboxylic acids is 1. The van der Waals surface area contributed by atoms with E-state index >= 15 is 0 Å². The normalized spacial score (nSPS) is 16.0. The third kappa shape index (κ3) is 4.11. The van der Waals surface area contributed by atoms with Crippen molar-refractivity contribution in [2.45, 2.75) is 12.6 Å². The van der Waals surface area contributed by atoms with Gasteiger partial charge < -0.3 is 15.2 Å². The smallest absolute Gasteiger partial charge is 0.330 e. The predicted octanol–water partition coefficient (Wildman–Crippen LogP) is 2.70. The Morgan fingerprint density at radius 2 is 1.79 bits per heavy atom. The van der Waals surface area contributed by atoms with E-state index in [1.54, 1.807) is 12.1 Å². The number of nitrogens with zero attached hydrogens (tertiary/aromatic N) is 3. The molecule has 0 amide bonds. The Balaban J connectivity index is 1.69. The molecule has 1 unspecified atom stereocenters. The number of para-hydroxylation sites is 1. The average Bonchev–Trinajstić information content (AvgIpc) is 2.73. The van der Waals surface area contributed by atoms with Crippen LogP contribution in [0.3, 0.4) is 0 Å². The molecule has 7 nitrogen and oxygen atoms in total. The van der Waals surface area contributed by atoms with Crippen LogP contribution in [0.15, 0.2) is 54.6 Å². The first-order chi connectivity index (χ1) is 13.7. The van der Waals surface area contributed by atoms with Crippen LogP contribution in [0.4, 0.5) is 5.82 Å². The van der Waals surface area contributed by atoms with Crippen molar-refractivity contribution in [1.82, 2.24) is 14.9 Å². The number of carboxylic acids is 1.